The monoisotopic (exact) mass is 452 g/mol. The number of aryl methyl sites for hydroxylation is 1. The van der Waals surface area contributed by atoms with Gasteiger partial charge in [0.2, 0.25) is 15.9 Å². The van der Waals surface area contributed by atoms with Gasteiger partial charge in [-0.15, -0.1) is 0 Å². The van der Waals surface area contributed by atoms with Gasteiger partial charge >= 0.3 is 0 Å². The van der Waals surface area contributed by atoms with Gasteiger partial charge in [0, 0.05) is 0 Å². The van der Waals surface area contributed by atoms with E-state index in [1.54, 1.807) is 42.5 Å². The Morgan fingerprint density at radius 1 is 1.06 bits per heavy atom. The minimum absolute atomic E-state index is 0.0480. The van der Waals surface area contributed by atoms with E-state index in [0.717, 1.165) is 15.4 Å². The molecular weight excluding hydrogens is 428 g/mol. The van der Waals surface area contributed by atoms with Crippen molar-refractivity contribution in [2.24, 2.45) is 0 Å². The van der Waals surface area contributed by atoms with Gasteiger partial charge in [-0.2, -0.15) is 4.31 Å². The van der Waals surface area contributed by atoms with Gasteiger partial charge in [0.25, 0.3) is 0 Å². The summed E-state index contributed by atoms with van der Waals surface area (Å²) in [5, 5.41) is 2.74. The maximum Gasteiger partial charge on any atom is 0.240 e. The van der Waals surface area contributed by atoms with Gasteiger partial charge in [0.15, 0.2) is 0 Å². The van der Waals surface area contributed by atoms with Crippen molar-refractivity contribution in [2.75, 3.05) is 19.0 Å². The minimum atomic E-state index is -3.90. The van der Waals surface area contributed by atoms with Crippen LogP contribution in [-0.2, 0) is 27.8 Å². The van der Waals surface area contributed by atoms with Gasteiger partial charge in [-0.1, -0.05) is 36.4 Å². The van der Waals surface area contributed by atoms with E-state index in [1.165, 1.54) is 13.4 Å². The van der Waals surface area contributed by atoms with Gasteiger partial charge in [-0.05, 0) is 54.3 Å². The molecule has 0 saturated heterocycles. The lowest BCUT2D eigenvalue weighted by molar-refractivity contribution is -0.116. The summed E-state index contributed by atoms with van der Waals surface area (Å²) >= 11 is 0. The molecule has 1 heterocycles. The lowest BCUT2D eigenvalue weighted by Gasteiger charge is -2.25. The van der Waals surface area contributed by atoms with Crippen LogP contribution in [-0.4, -0.2) is 32.3 Å². The van der Waals surface area contributed by atoms with Crippen molar-refractivity contribution < 1.29 is 22.4 Å². The standard InChI is InChI=1S/C24H24N2O5S/c1-30-23-11-5-4-10-22(23)25-24(27)17-26(16-20-9-6-14-31-20)32(28,29)21-13-12-18-7-2-3-8-19(18)15-21/h2-11,14-15H,12-13,16-17H2,1H3,(H,25,27). The van der Waals surface area contributed by atoms with Crippen molar-refractivity contribution in [1.29, 1.82) is 0 Å². The van der Waals surface area contributed by atoms with Crippen LogP contribution in [0, 0.1) is 0 Å². The lowest BCUT2D eigenvalue weighted by atomic mass is 9.98. The summed E-state index contributed by atoms with van der Waals surface area (Å²) in [6.07, 6.45) is 4.18. The average molecular weight is 453 g/mol. The van der Waals surface area contributed by atoms with Crippen molar-refractivity contribution in [2.45, 2.75) is 19.4 Å². The Kier molecular flexibility index (Phi) is 6.43. The van der Waals surface area contributed by atoms with E-state index >= 15 is 0 Å². The zero-order valence-corrected chi connectivity index (χ0v) is 18.5. The molecule has 166 valence electrons. The first kappa shape index (κ1) is 21.9. The number of sulfonamides is 1. The molecule has 0 atom stereocenters. The number of hydrogen-bond acceptors (Lipinski definition) is 5. The number of ether oxygens (including phenoxy) is 1. The Labute approximate surface area is 187 Å². The van der Waals surface area contributed by atoms with E-state index < -0.39 is 15.9 Å². The predicted molar refractivity (Wildman–Crippen MR) is 122 cm³/mol. The summed E-state index contributed by atoms with van der Waals surface area (Å²) in [4.78, 5) is 13.1. The molecule has 1 amide bonds. The Morgan fingerprint density at radius 2 is 1.84 bits per heavy atom. The number of nitrogens with zero attached hydrogens (tertiary/aromatic N) is 1. The van der Waals surface area contributed by atoms with E-state index in [0.29, 0.717) is 30.0 Å². The fraction of sp³-hybridized carbons (Fsp3) is 0.208. The average Bonchev–Trinajstić information content (AvgIpc) is 3.32. The Morgan fingerprint density at radius 3 is 2.62 bits per heavy atom. The maximum absolute atomic E-state index is 13.5. The van der Waals surface area contributed by atoms with Crippen LogP contribution in [0.25, 0.3) is 6.08 Å². The number of carbonyl (C=O) groups excluding carboxylic acids is 1. The molecule has 0 aliphatic heterocycles. The van der Waals surface area contributed by atoms with E-state index in [4.69, 9.17) is 9.15 Å². The van der Waals surface area contributed by atoms with Gasteiger partial charge in [0.1, 0.15) is 11.5 Å². The van der Waals surface area contributed by atoms with Crippen LogP contribution in [0.15, 0.2) is 76.2 Å². The number of rotatable bonds is 8. The molecule has 8 heteroatoms. The largest absolute Gasteiger partial charge is 0.495 e. The molecule has 7 nitrogen and oxygen atoms in total. The predicted octanol–water partition coefficient (Wildman–Crippen LogP) is 4.05. The number of hydrogen-bond donors (Lipinski definition) is 1. The van der Waals surface area contributed by atoms with Gasteiger partial charge in [0.05, 0.1) is 37.1 Å². The molecule has 1 aromatic heterocycles. The van der Waals surface area contributed by atoms with Crippen LogP contribution in [0.4, 0.5) is 5.69 Å². The third-order valence-corrected chi connectivity index (χ3v) is 7.22. The Hall–Kier alpha value is -3.36. The molecule has 2 aromatic carbocycles. The quantitative estimate of drug-likeness (QED) is 0.557. The van der Waals surface area contributed by atoms with E-state index in [-0.39, 0.29) is 18.0 Å². The Bertz CT molecular complexity index is 1230. The van der Waals surface area contributed by atoms with Gasteiger partial charge in [-0.3, -0.25) is 4.79 Å². The first-order valence-corrected chi connectivity index (χ1v) is 11.7. The molecular formula is C24H24N2O5S. The van der Waals surface area contributed by atoms with Gasteiger partial charge < -0.3 is 14.5 Å². The van der Waals surface area contributed by atoms with Crippen LogP contribution < -0.4 is 10.1 Å². The molecule has 32 heavy (non-hydrogen) atoms. The Balaban J connectivity index is 1.60. The molecule has 1 aliphatic carbocycles. The number of carbonyl (C=O) groups is 1. The third-order valence-electron chi connectivity index (χ3n) is 5.30. The number of fused-ring (bicyclic) bond motifs is 1. The van der Waals surface area contributed by atoms with Crippen LogP contribution in [0.5, 0.6) is 5.75 Å². The fourth-order valence-corrected chi connectivity index (χ4v) is 5.23. The van der Waals surface area contributed by atoms with Crippen molar-refractivity contribution >= 4 is 27.7 Å². The van der Waals surface area contributed by atoms with Crippen molar-refractivity contribution in [1.82, 2.24) is 4.31 Å². The van der Waals surface area contributed by atoms with Crippen molar-refractivity contribution in [3.8, 4) is 5.75 Å². The van der Waals surface area contributed by atoms with Crippen molar-refractivity contribution in [3.63, 3.8) is 0 Å². The number of benzene rings is 2. The summed E-state index contributed by atoms with van der Waals surface area (Å²) in [5.41, 5.74) is 2.47. The smallest absolute Gasteiger partial charge is 0.240 e. The zero-order chi connectivity index (χ0) is 22.6. The molecule has 3 aromatic rings. The normalized spacial score (nSPS) is 13.4. The second-order valence-electron chi connectivity index (χ2n) is 7.41. The second kappa shape index (κ2) is 9.42. The highest BCUT2D eigenvalue weighted by Crippen LogP contribution is 2.30. The molecule has 0 spiro atoms. The van der Waals surface area contributed by atoms with Crippen LogP contribution in [0.3, 0.4) is 0 Å². The number of furan rings is 1. The number of allylic oxidation sites excluding steroid dienone is 1. The van der Waals surface area contributed by atoms with E-state index in [2.05, 4.69) is 5.32 Å². The molecule has 4 rings (SSSR count). The van der Waals surface area contributed by atoms with Crippen LogP contribution in [0.2, 0.25) is 0 Å². The first-order chi connectivity index (χ1) is 15.5. The zero-order valence-electron chi connectivity index (χ0n) is 17.7. The molecule has 0 unspecified atom stereocenters. The highest BCUT2D eigenvalue weighted by molar-refractivity contribution is 7.93. The molecule has 1 aliphatic rings. The highest BCUT2D eigenvalue weighted by Gasteiger charge is 2.31. The summed E-state index contributed by atoms with van der Waals surface area (Å²) < 4.78 is 38.9. The topological polar surface area (TPSA) is 88.8 Å². The molecule has 0 saturated carbocycles. The molecule has 0 fully saturated rings. The first-order valence-electron chi connectivity index (χ1n) is 10.2. The molecule has 0 bridgehead atoms. The minimum Gasteiger partial charge on any atom is -0.495 e. The summed E-state index contributed by atoms with van der Waals surface area (Å²) in [6.45, 7) is -0.409. The van der Waals surface area contributed by atoms with Gasteiger partial charge in [-0.25, -0.2) is 8.42 Å². The fourth-order valence-electron chi connectivity index (χ4n) is 3.68. The number of methoxy groups -OCH3 is 1. The maximum atomic E-state index is 13.5. The lowest BCUT2D eigenvalue weighted by Crippen LogP contribution is -2.38. The summed E-state index contributed by atoms with van der Waals surface area (Å²) in [6, 6.07) is 18.1. The second-order valence-corrected chi connectivity index (χ2v) is 9.40. The third kappa shape index (κ3) is 4.76. The van der Waals surface area contributed by atoms with Crippen molar-refractivity contribution in [3.05, 3.63) is 88.7 Å². The van der Waals surface area contributed by atoms with E-state index in [9.17, 15) is 13.2 Å². The SMILES string of the molecule is COc1ccccc1NC(=O)CN(Cc1ccco1)S(=O)(=O)C1=Cc2ccccc2CC1. The van der Waals surface area contributed by atoms with Crippen LogP contribution in [0.1, 0.15) is 23.3 Å². The highest BCUT2D eigenvalue weighted by atomic mass is 32.2. The number of anilines is 1. The van der Waals surface area contributed by atoms with E-state index in [1.807, 2.05) is 24.3 Å². The summed E-state index contributed by atoms with van der Waals surface area (Å²) in [5.74, 6) is 0.477. The summed E-state index contributed by atoms with van der Waals surface area (Å²) in [7, 11) is -2.40. The number of para-hydroxylation sites is 2. The number of amides is 1. The molecule has 0 radical (unpaired) electrons. The van der Waals surface area contributed by atoms with Crippen LogP contribution >= 0.6 is 0 Å². The molecule has 1 N–H and O–H groups in total. The number of nitrogens with one attached hydrogen (secondary N) is 1.